The molecule has 1 saturated carbocycles. The van der Waals surface area contributed by atoms with Gasteiger partial charge in [0.05, 0.1) is 6.61 Å². The van der Waals surface area contributed by atoms with Gasteiger partial charge in [0, 0.05) is 20.2 Å². The molecule has 2 rings (SSSR count). The first-order valence-electron chi connectivity index (χ1n) is 5.09. The van der Waals surface area contributed by atoms with Crippen LogP contribution < -0.4 is 0 Å². The predicted molar refractivity (Wildman–Crippen MR) is 49.6 cm³/mol. The number of hydrogen-bond acceptors (Lipinski definition) is 2. The Morgan fingerprint density at radius 2 is 2.29 bits per heavy atom. The lowest BCUT2D eigenvalue weighted by Crippen LogP contribution is -2.37. The van der Waals surface area contributed by atoms with Crippen molar-refractivity contribution < 1.29 is 13.9 Å². The molecule has 1 saturated heterocycles. The van der Waals surface area contributed by atoms with E-state index >= 15 is 0 Å². The SMILES string of the molecule is COC[C@H](F)C(=O)N1CCC2(CC2)C1. The highest BCUT2D eigenvalue weighted by Gasteiger charge is 2.49. The zero-order chi connectivity index (χ0) is 10.2. The average Bonchev–Trinajstić information content (AvgIpc) is 2.76. The second-order valence-corrected chi connectivity index (χ2v) is 4.43. The van der Waals surface area contributed by atoms with E-state index in [4.69, 9.17) is 0 Å². The number of carbonyl (C=O) groups excluding carboxylic acids is 1. The molecule has 1 atom stereocenters. The number of ether oxygens (including phenoxy) is 1. The smallest absolute Gasteiger partial charge is 0.259 e. The maximum atomic E-state index is 13.2. The molecule has 1 aliphatic carbocycles. The molecular formula is C10H16FNO2. The Labute approximate surface area is 83.2 Å². The summed E-state index contributed by atoms with van der Waals surface area (Å²) in [5.74, 6) is -0.393. The van der Waals surface area contributed by atoms with Crippen molar-refractivity contribution in [3.05, 3.63) is 0 Å². The average molecular weight is 201 g/mol. The molecule has 0 bridgehead atoms. The molecule has 1 heterocycles. The number of likely N-dealkylation sites (tertiary alicyclic amines) is 1. The summed E-state index contributed by atoms with van der Waals surface area (Å²) < 4.78 is 17.8. The third kappa shape index (κ3) is 1.75. The Balaban J connectivity index is 1.86. The number of halogens is 1. The second kappa shape index (κ2) is 3.50. The van der Waals surface area contributed by atoms with Gasteiger partial charge in [0.2, 0.25) is 6.17 Å². The van der Waals surface area contributed by atoms with E-state index in [0.717, 1.165) is 19.5 Å². The summed E-state index contributed by atoms with van der Waals surface area (Å²) in [5, 5.41) is 0. The van der Waals surface area contributed by atoms with Crippen molar-refractivity contribution in [2.24, 2.45) is 5.41 Å². The monoisotopic (exact) mass is 201 g/mol. The van der Waals surface area contributed by atoms with Crippen molar-refractivity contribution in [1.29, 1.82) is 0 Å². The van der Waals surface area contributed by atoms with Crippen LogP contribution in [0.1, 0.15) is 19.3 Å². The number of hydrogen-bond donors (Lipinski definition) is 0. The summed E-state index contributed by atoms with van der Waals surface area (Å²) in [6, 6.07) is 0. The van der Waals surface area contributed by atoms with E-state index < -0.39 is 12.1 Å². The molecule has 14 heavy (non-hydrogen) atoms. The molecule has 1 spiro atoms. The number of nitrogens with zero attached hydrogens (tertiary/aromatic N) is 1. The molecule has 0 unspecified atom stereocenters. The van der Waals surface area contributed by atoms with Gasteiger partial charge in [0.1, 0.15) is 0 Å². The van der Waals surface area contributed by atoms with Crippen LogP contribution in [0.3, 0.4) is 0 Å². The minimum atomic E-state index is -1.48. The van der Waals surface area contributed by atoms with E-state index in [-0.39, 0.29) is 6.61 Å². The van der Waals surface area contributed by atoms with Gasteiger partial charge < -0.3 is 9.64 Å². The summed E-state index contributed by atoms with van der Waals surface area (Å²) in [5.41, 5.74) is 0.377. The third-order valence-corrected chi connectivity index (χ3v) is 3.29. The van der Waals surface area contributed by atoms with Crippen LogP contribution in [0.15, 0.2) is 0 Å². The highest BCUT2D eigenvalue weighted by Crippen LogP contribution is 2.52. The lowest BCUT2D eigenvalue weighted by molar-refractivity contribution is -0.137. The molecule has 0 N–H and O–H groups in total. The zero-order valence-electron chi connectivity index (χ0n) is 8.46. The van der Waals surface area contributed by atoms with Gasteiger partial charge >= 0.3 is 0 Å². The van der Waals surface area contributed by atoms with Crippen LogP contribution >= 0.6 is 0 Å². The molecule has 2 aliphatic rings. The van der Waals surface area contributed by atoms with Gasteiger partial charge in [-0.25, -0.2) is 4.39 Å². The van der Waals surface area contributed by atoms with Crippen LogP contribution in [-0.4, -0.2) is 43.8 Å². The quantitative estimate of drug-likeness (QED) is 0.681. The van der Waals surface area contributed by atoms with Gasteiger partial charge in [-0.15, -0.1) is 0 Å². The lowest BCUT2D eigenvalue weighted by Gasteiger charge is -2.18. The van der Waals surface area contributed by atoms with Crippen LogP contribution in [0.2, 0.25) is 0 Å². The van der Waals surface area contributed by atoms with Crippen LogP contribution in [0, 0.1) is 5.41 Å². The van der Waals surface area contributed by atoms with Crippen molar-refractivity contribution in [2.75, 3.05) is 26.8 Å². The summed E-state index contributed by atoms with van der Waals surface area (Å²) in [7, 11) is 1.41. The molecule has 0 radical (unpaired) electrons. The summed E-state index contributed by atoms with van der Waals surface area (Å²) >= 11 is 0. The van der Waals surface area contributed by atoms with Crippen LogP contribution in [0.4, 0.5) is 4.39 Å². The first kappa shape index (κ1) is 9.90. The molecule has 0 aromatic carbocycles. The van der Waals surface area contributed by atoms with Gasteiger partial charge in [-0.2, -0.15) is 0 Å². The summed E-state index contributed by atoms with van der Waals surface area (Å²) in [6.07, 6.45) is 1.99. The molecule has 4 heteroatoms. The van der Waals surface area contributed by atoms with E-state index in [9.17, 15) is 9.18 Å². The minimum Gasteiger partial charge on any atom is -0.381 e. The van der Waals surface area contributed by atoms with E-state index in [1.165, 1.54) is 20.0 Å². The Bertz CT molecular complexity index is 240. The fraction of sp³-hybridized carbons (Fsp3) is 0.900. The molecular weight excluding hydrogens is 185 g/mol. The van der Waals surface area contributed by atoms with Crippen molar-refractivity contribution in [2.45, 2.75) is 25.4 Å². The maximum Gasteiger partial charge on any atom is 0.259 e. The molecule has 80 valence electrons. The standard InChI is InChI=1S/C10H16FNO2/c1-14-6-8(11)9(13)12-5-4-10(7-12)2-3-10/h8H,2-7H2,1H3/t8-/m0/s1. The topological polar surface area (TPSA) is 29.5 Å². The lowest BCUT2D eigenvalue weighted by atomic mass is 10.1. The highest BCUT2D eigenvalue weighted by atomic mass is 19.1. The minimum absolute atomic E-state index is 0.123. The third-order valence-electron chi connectivity index (χ3n) is 3.29. The molecule has 0 aromatic rings. The van der Waals surface area contributed by atoms with Crippen molar-refractivity contribution in [3.8, 4) is 0 Å². The molecule has 1 amide bonds. The van der Waals surface area contributed by atoms with E-state index in [0.29, 0.717) is 5.41 Å². The summed E-state index contributed by atoms with van der Waals surface area (Å²) in [6.45, 7) is 1.36. The first-order valence-corrected chi connectivity index (χ1v) is 5.09. The molecule has 2 fully saturated rings. The number of alkyl halides is 1. The Morgan fingerprint density at radius 1 is 1.57 bits per heavy atom. The normalized spacial score (nSPS) is 25.4. The van der Waals surface area contributed by atoms with Crippen LogP contribution in [-0.2, 0) is 9.53 Å². The van der Waals surface area contributed by atoms with E-state index in [1.807, 2.05) is 0 Å². The van der Waals surface area contributed by atoms with E-state index in [2.05, 4.69) is 4.74 Å². The van der Waals surface area contributed by atoms with Crippen molar-refractivity contribution >= 4 is 5.91 Å². The Hall–Kier alpha value is -0.640. The number of carbonyl (C=O) groups is 1. The molecule has 0 aromatic heterocycles. The number of rotatable bonds is 3. The van der Waals surface area contributed by atoms with Crippen molar-refractivity contribution in [1.82, 2.24) is 4.90 Å². The van der Waals surface area contributed by atoms with Gasteiger partial charge in [-0.1, -0.05) is 0 Å². The molecule has 1 aliphatic heterocycles. The second-order valence-electron chi connectivity index (χ2n) is 4.43. The number of methoxy groups -OCH3 is 1. The largest absolute Gasteiger partial charge is 0.381 e. The fourth-order valence-electron chi connectivity index (χ4n) is 2.12. The van der Waals surface area contributed by atoms with E-state index in [1.54, 1.807) is 4.90 Å². The van der Waals surface area contributed by atoms with Gasteiger partial charge in [-0.05, 0) is 24.7 Å². The van der Waals surface area contributed by atoms with Crippen LogP contribution in [0.25, 0.3) is 0 Å². The molecule has 3 nitrogen and oxygen atoms in total. The maximum absolute atomic E-state index is 13.2. The fourth-order valence-corrected chi connectivity index (χ4v) is 2.12. The Morgan fingerprint density at radius 3 is 2.79 bits per heavy atom. The zero-order valence-corrected chi connectivity index (χ0v) is 8.46. The highest BCUT2D eigenvalue weighted by molar-refractivity contribution is 5.81. The summed E-state index contributed by atoms with van der Waals surface area (Å²) in [4.78, 5) is 13.2. The van der Waals surface area contributed by atoms with Gasteiger partial charge in [-0.3, -0.25) is 4.79 Å². The van der Waals surface area contributed by atoms with Crippen molar-refractivity contribution in [3.63, 3.8) is 0 Å². The van der Waals surface area contributed by atoms with Crippen LogP contribution in [0.5, 0.6) is 0 Å². The predicted octanol–water partition coefficient (Wildman–Crippen LogP) is 0.983. The number of amides is 1. The van der Waals surface area contributed by atoms with Gasteiger partial charge in [0.25, 0.3) is 5.91 Å². The van der Waals surface area contributed by atoms with Gasteiger partial charge in [0.15, 0.2) is 0 Å². The Kier molecular flexibility index (Phi) is 2.47. The first-order chi connectivity index (χ1) is 6.67.